The van der Waals surface area contributed by atoms with Crippen LogP contribution in [-0.2, 0) is 11.3 Å². The lowest BCUT2D eigenvalue weighted by Crippen LogP contribution is -2.58. The summed E-state index contributed by atoms with van der Waals surface area (Å²) in [5.41, 5.74) is 5.15. The van der Waals surface area contributed by atoms with E-state index in [0.29, 0.717) is 0 Å². The van der Waals surface area contributed by atoms with Crippen molar-refractivity contribution in [2.75, 3.05) is 30.8 Å². The molecule has 0 unspecified atom stereocenters. The van der Waals surface area contributed by atoms with Crippen molar-refractivity contribution in [3.8, 4) is 5.75 Å². The number of carbonyl (C=O) groups is 1. The fraction of sp³-hybridized carbons (Fsp3) is 0.409. The Bertz CT molecular complexity index is 870. The van der Waals surface area contributed by atoms with Crippen molar-refractivity contribution in [1.82, 2.24) is 4.90 Å². The second-order valence-electron chi connectivity index (χ2n) is 7.73. The van der Waals surface area contributed by atoms with E-state index in [1.807, 2.05) is 24.3 Å². The molecule has 0 radical (unpaired) electrons. The highest BCUT2D eigenvalue weighted by Gasteiger charge is 2.44. The topological polar surface area (TPSA) is 53.6 Å². The van der Waals surface area contributed by atoms with Crippen LogP contribution in [0.3, 0.4) is 0 Å². The van der Waals surface area contributed by atoms with E-state index < -0.39 is 5.54 Å². The lowest BCUT2D eigenvalue weighted by Gasteiger charge is -2.44. The number of hydrogen-bond acceptors (Lipinski definition) is 4. The van der Waals surface area contributed by atoms with Gasteiger partial charge in [-0.25, -0.2) is 0 Å². The molecule has 2 aliphatic rings. The van der Waals surface area contributed by atoms with Crippen molar-refractivity contribution in [2.24, 2.45) is 0 Å². The molecule has 0 aromatic heterocycles. The van der Waals surface area contributed by atoms with Crippen molar-refractivity contribution in [3.63, 3.8) is 0 Å². The molecular formula is C22H27N3O2. The number of aryl methyl sites for hydroxylation is 2. The number of benzene rings is 2. The quantitative estimate of drug-likeness (QED) is 0.871. The van der Waals surface area contributed by atoms with Crippen LogP contribution in [0.2, 0.25) is 0 Å². The van der Waals surface area contributed by atoms with Gasteiger partial charge in [-0.3, -0.25) is 9.69 Å². The second-order valence-corrected chi connectivity index (χ2v) is 7.73. The molecule has 1 amide bonds. The van der Waals surface area contributed by atoms with E-state index in [0.717, 1.165) is 55.2 Å². The standard InChI is InChI=1S/C22H27N3O2/c1-15-13-20(27-3)16(2)12-17(15)14-25-10-8-22(9-11-25)21(26)23-18-6-4-5-7-19(18)24-22/h4-7,12-13,24H,8-11,14H2,1-3H3,(H,23,26). The summed E-state index contributed by atoms with van der Waals surface area (Å²) in [6, 6.07) is 12.3. The van der Waals surface area contributed by atoms with Gasteiger partial charge in [-0.15, -0.1) is 0 Å². The summed E-state index contributed by atoms with van der Waals surface area (Å²) in [6.07, 6.45) is 1.61. The minimum absolute atomic E-state index is 0.0947. The minimum atomic E-state index is -0.490. The Morgan fingerprint density at radius 3 is 2.48 bits per heavy atom. The molecule has 4 rings (SSSR count). The lowest BCUT2D eigenvalue weighted by molar-refractivity contribution is -0.122. The van der Waals surface area contributed by atoms with Gasteiger partial charge in [0, 0.05) is 19.6 Å². The zero-order valence-corrected chi connectivity index (χ0v) is 16.3. The average Bonchev–Trinajstić information content (AvgIpc) is 2.67. The summed E-state index contributed by atoms with van der Waals surface area (Å²) in [5.74, 6) is 1.04. The summed E-state index contributed by atoms with van der Waals surface area (Å²) in [7, 11) is 1.71. The van der Waals surface area contributed by atoms with Crippen LogP contribution in [0.15, 0.2) is 36.4 Å². The van der Waals surface area contributed by atoms with Crippen LogP contribution in [-0.4, -0.2) is 36.5 Å². The predicted octanol–water partition coefficient (Wildman–Crippen LogP) is 3.71. The third kappa shape index (κ3) is 3.28. The molecule has 0 atom stereocenters. The molecule has 2 aliphatic heterocycles. The van der Waals surface area contributed by atoms with Gasteiger partial charge in [0.2, 0.25) is 5.91 Å². The molecule has 2 aromatic rings. The number of para-hydroxylation sites is 2. The molecule has 5 nitrogen and oxygen atoms in total. The summed E-state index contributed by atoms with van der Waals surface area (Å²) >= 11 is 0. The number of amides is 1. The Morgan fingerprint density at radius 2 is 1.78 bits per heavy atom. The Labute approximate surface area is 160 Å². The maximum absolute atomic E-state index is 12.8. The second kappa shape index (κ2) is 6.89. The first kappa shape index (κ1) is 17.9. The van der Waals surface area contributed by atoms with Crippen molar-refractivity contribution in [2.45, 2.75) is 38.8 Å². The maximum Gasteiger partial charge on any atom is 0.250 e. The Morgan fingerprint density at radius 1 is 1.07 bits per heavy atom. The van der Waals surface area contributed by atoms with E-state index in [2.05, 4.69) is 41.5 Å². The highest BCUT2D eigenvalue weighted by molar-refractivity contribution is 6.06. The van der Waals surface area contributed by atoms with E-state index in [1.54, 1.807) is 7.11 Å². The number of rotatable bonds is 3. The van der Waals surface area contributed by atoms with Crippen LogP contribution < -0.4 is 15.4 Å². The maximum atomic E-state index is 12.8. The molecule has 1 fully saturated rings. The van der Waals surface area contributed by atoms with Crippen LogP contribution in [0.25, 0.3) is 0 Å². The average molecular weight is 365 g/mol. The molecular weight excluding hydrogens is 338 g/mol. The molecule has 1 saturated heterocycles. The number of nitrogens with one attached hydrogen (secondary N) is 2. The first-order valence-electron chi connectivity index (χ1n) is 9.56. The molecule has 27 heavy (non-hydrogen) atoms. The van der Waals surface area contributed by atoms with Gasteiger partial charge in [-0.2, -0.15) is 0 Å². The molecule has 2 heterocycles. The van der Waals surface area contributed by atoms with Gasteiger partial charge in [-0.05, 0) is 61.6 Å². The number of ether oxygens (including phenoxy) is 1. The van der Waals surface area contributed by atoms with Gasteiger partial charge < -0.3 is 15.4 Å². The van der Waals surface area contributed by atoms with Gasteiger partial charge in [0.25, 0.3) is 0 Å². The first-order chi connectivity index (χ1) is 13.0. The van der Waals surface area contributed by atoms with Crippen molar-refractivity contribution >= 4 is 17.3 Å². The zero-order valence-electron chi connectivity index (χ0n) is 16.3. The van der Waals surface area contributed by atoms with Crippen molar-refractivity contribution < 1.29 is 9.53 Å². The van der Waals surface area contributed by atoms with Crippen molar-refractivity contribution in [3.05, 3.63) is 53.1 Å². The Balaban J connectivity index is 1.45. The molecule has 0 aliphatic carbocycles. The van der Waals surface area contributed by atoms with Gasteiger partial charge in [0.15, 0.2) is 0 Å². The van der Waals surface area contributed by atoms with E-state index in [-0.39, 0.29) is 5.91 Å². The third-order valence-corrected chi connectivity index (χ3v) is 5.94. The molecule has 2 N–H and O–H groups in total. The van der Waals surface area contributed by atoms with E-state index in [9.17, 15) is 4.79 Å². The number of hydrogen-bond donors (Lipinski definition) is 2. The largest absolute Gasteiger partial charge is 0.496 e. The SMILES string of the molecule is COc1cc(C)c(CN2CCC3(CC2)Nc2ccccc2NC3=O)cc1C. The Hall–Kier alpha value is -2.53. The van der Waals surface area contributed by atoms with Gasteiger partial charge in [0.05, 0.1) is 18.5 Å². The van der Waals surface area contributed by atoms with Crippen LogP contribution in [0.1, 0.15) is 29.5 Å². The number of anilines is 2. The van der Waals surface area contributed by atoms with Crippen LogP contribution in [0.4, 0.5) is 11.4 Å². The van der Waals surface area contributed by atoms with Gasteiger partial charge >= 0.3 is 0 Å². The minimum Gasteiger partial charge on any atom is -0.496 e. The molecule has 2 aromatic carbocycles. The van der Waals surface area contributed by atoms with E-state index >= 15 is 0 Å². The molecule has 1 spiro atoms. The smallest absolute Gasteiger partial charge is 0.250 e. The van der Waals surface area contributed by atoms with Crippen LogP contribution in [0, 0.1) is 13.8 Å². The number of fused-ring (bicyclic) bond motifs is 1. The zero-order chi connectivity index (χ0) is 19.0. The van der Waals surface area contributed by atoms with Crippen molar-refractivity contribution in [1.29, 1.82) is 0 Å². The van der Waals surface area contributed by atoms with Gasteiger partial charge in [-0.1, -0.05) is 18.2 Å². The third-order valence-electron chi connectivity index (χ3n) is 5.94. The fourth-order valence-corrected chi connectivity index (χ4v) is 4.18. The van der Waals surface area contributed by atoms with E-state index in [1.165, 1.54) is 11.1 Å². The summed E-state index contributed by atoms with van der Waals surface area (Å²) in [4.78, 5) is 15.2. The number of methoxy groups -OCH3 is 1. The summed E-state index contributed by atoms with van der Waals surface area (Å²) in [6.45, 7) is 6.92. The number of likely N-dealkylation sites (tertiary alicyclic amines) is 1. The highest BCUT2D eigenvalue weighted by Crippen LogP contribution is 2.36. The van der Waals surface area contributed by atoms with Crippen LogP contribution >= 0.6 is 0 Å². The highest BCUT2D eigenvalue weighted by atomic mass is 16.5. The molecule has 142 valence electrons. The Kier molecular flexibility index (Phi) is 4.56. The van der Waals surface area contributed by atoms with Gasteiger partial charge in [0.1, 0.15) is 11.3 Å². The number of piperidine rings is 1. The molecule has 0 saturated carbocycles. The summed E-state index contributed by atoms with van der Waals surface area (Å²) in [5, 5.41) is 6.61. The normalized spacial score (nSPS) is 18.6. The first-order valence-corrected chi connectivity index (χ1v) is 9.56. The van der Waals surface area contributed by atoms with E-state index in [4.69, 9.17) is 4.74 Å². The lowest BCUT2D eigenvalue weighted by atomic mass is 9.84. The predicted molar refractivity (Wildman–Crippen MR) is 108 cm³/mol. The summed E-state index contributed by atoms with van der Waals surface area (Å²) < 4.78 is 5.42. The number of carbonyl (C=O) groups excluding carboxylic acids is 1. The fourth-order valence-electron chi connectivity index (χ4n) is 4.18. The molecule has 0 bridgehead atoms. The monoisotopic (exact) mass is 365 g/mol. The number of nitrogens with zero attached hydrogens (tertiary/aromatic N) is 1. The van der Waals surface area contributed by atoms with Crippen LogP contribution in [0.5, 0.6) is 5.75 Å². The molecule has 5 heteroatoms.